The molecule has 3 heterocycles. The van der Waals surface area contributed by atoms with E-state index in [0.717, 1.165) is 31.8 Å². The van der Waals surface area contributed by atoms with E-state index in [0.29, 0.717) is 26.3 Å². The molecule has 2 aliphatic rings. The van der Waals surface area contributed by atoms with Crippen LogP contribution in [0.2, 0.25) is 0 Å². The summed E-state index contributed by atoms with van der Waals surface area (Å²) in [7, 11) is 1.68. The van der Waals surface area contributed by atoms with E-state index in [-0.39, 0.29) is 18.4 Å². The minimum Gasteiger partial charge on any atom is -0.448 e. The lowest BCUT2D eigenvalue weighted by molar-refractivity contribution is -0.133. The predicted molar refractivity (Wildman–Crippen MR) is 85.6 cm³/mol. The van der Waals surface area contributed by atoms with E-state index in [9.17, 15) is 9.59 Å². The molecule has 0 spiro atoms. The van der Waals surface area contributed by atoms with E-state index in [1.807, 2.05) is 11.1 Å². The zero-order valence-electron chi connectivity index (χ0n) is 14.0. The van der Waals surface area contributed by atoms with Crippen LogP contribution in [0.3, 0.4) is 0 Å². The second-order valence-corrected chi connectivity index (χ2v) is 6.19. The number of piperidine rings is 1. The molecule has 1 unspecified atom stereocenters. The number of cyclic esters (lactones) is 1. The fraction of sp³-hybridized carbons (Fsp3) is 0.688. The molecule has 0 aromatic carbocycles. The van der Waals surface area contributed by atoms with Crippen molar-refractivity contribution in [3.05, 3.63) is 18.2 Å². The molecule has 2 aliphatic heterocycles. The van der Waals surface area contributed by atoms with Gasteiger partial charge in [-0.05, 0) is 12.8 Å². The van der Waals surface area contributed by atoms with Gasteiger partial charge in [0.05, 0.1) is 13.2 Å². The highest BCUT2D eigenvalue weighted by atomic mass is 16.6. The first-order valence-corrected chi connectivity index (χ1v) is 8.38. The number of rotatable bonds is 6. The number of ether oxygens (including phenoxy) is 2. The van der Waals surface area contributed by atoms with E-state index in [2.05, 4.69) is 9.55 Å². The Labute approximate surface area is 141 Å². The standard InChI is InChI=1S/C16H24N4O4/c1-23-9-7-18-6-4-17-15(18)13-3-2-5-19(11-13)14(21)12-20-8-10-24-16(20)22/h4,6,13H,2-3,5,7-12H2,1H3. The van der Waals surface area contributed by atoms with Gasteiger partial charge >= 0.3 is 6.09 Å². The van der Waals surface area contributed by atoms with Gasteiger partial charge in [0.15, 0.2) is 0 Å². The Morgan fingerprint density at radius 2 is 2.33 bits per heavy atom. The quantitative estimate of drug-likeness (QED) is 0.764. The molecular weight excluding hydrogens is 312 g/mol. The van der Waals surface area contributed by atoms with Crippen molar-refractivity contribution in [2.24, 2.45) is 0 Å². The highest BCUT2D eigenvalue weighted by molar-refractivity contribution is 5.83. The average molecular weight is 336 g/mol. The van der Waals surface area contributed by atoms with Gasteiger partial charge < -0.3 is 18.9 Å². The summed E-state index contributed by atoms with van der Waals surface area (Å²) in [6.07, 6.45) is 5.31. The molecule has 24 heavy (non-hydrogen) atoms. The lowest BCUT2D eigenvalue weighted by Gasteiger charge is -2.33. The first kappa shape index (κ1) is 16.8. The fourth-order valence-corrected chi connectivity index (χ4v) is 3.31. The molecule has 2 amide bonds. The van der Waals surface area contributed by atoms with Crippen molar-refractivity contribution >= 4 is 12.0 Å². The number of hydrogen-bond acceptors (Lipinski definition) is 5. The normalized spacial score (nSPS) is 21.2. The molecule has 0 saturated carbocycles. The number of imidazole rings is 1. The van der Waals surface area contributed by atoms with Crippen LogP contribution in [0.15, 0.2) is 12.4 Å². The number of carbonyl (C=O) groups excluding carboxylic acids is 2. The maximum atomic E-state index is 12.5. The second kappa shape index (κ2) is 7.65. The minimum absolute atomic E-state index is 0.0199. The molecule has 8 heteroatoms. The third-order valence-electron chi connectivity index (χ3n) is 4.59. The van der Waals surface area contributed by atoms with Crippen LogP contribution in [-0.4, -0.2) is 77.9 Å². The zero-order chi connectivity index (χ0) is 16.9. The summed E-state index contributed by atoms with van der Waals surface area (Å²) in [5.41, 5.74) is 0. The van der Waals surface area contributed by atoms with Crippen molar-refractivity contribution in [1.82, 2.24) is 19.4 Å². The van der Waals surface area contributed by atoms with Gasteiger partial charge in [0.1, 0.15) is 19.0 Å². The van der Waals surface area contributed by atoms with Gasteiger partial charge in [0.25, 0.3) is 0 Å². The van der Waals surface area contributed by atoms with E-state index >= 15 is 0 Å². The summed E-state index contributed by atoms with van der Waals surface area (Å²) < 4.78 is 12.1. The molecule has 1 aromatic rings. The Balaban J connectivity index is 1.60. The molecule has 2 saturated heterocycles. The highest BCUT2D eigenvalue weighted by Gasteiger charge is 2.30. The molecule has 132 valence electrons. The molecule has 8 nitrogen and oxygen atoms in total. The van der Waals surface area contributed by atoms with Crippen molar-refractivity contribution in [2.45, 2.75) is 25.3 Å². The Bertz CT molecular complexity index is 588. The van der Waals surface area contributed by atoms with Crippen LogP contribution in [-0.2, 0) is 20.8 Å². The monoisotopic (exact) mass is 336 g/mol. The van der Waals surface area contributed by atoms with E-state index in [1.165, 1.54) is 4.90 Å². The van der Waals surface area contributed by atoms with Crippen LogP contribution in [0.5, 0.6) is 0 Å². The summed E-state index contributed by atoms with van der Waals surface area (Å²) in [4.78, 5) is 31.8. The highest BCUT2D eigenvalue weighted by Crippen LogP contribution is 2.26. The molecule has 3 rings (SSSR count). The maximum absolute atomic E-state index is 12.5. The number of carbonyl (C=O) groups is 2. The number of hydrogen-bond donors (Lipinski definition) is 0. The van der Waals surface area contributed by atoms with Crippen LogP contribution in [0.1, 0.15) is 24.6 Å². The molecule has 0 N–H and O–H groups in total. The van der Waals surface area contributed by atoms with E-state index < -0.39 is 6.09 Å². The number of likely N-dealkylation sites (tertiary alicyclic amines) is 1. The smallest absolute Gasteiger partial charge is 0.410 e. The lowest BCUT2D eigenvalue weighted by atomic mass is 9.97. The van der Waals surface area contributed by atoms with Gasteiger partial charge in [0.2, 0.25) is 5.91 Å². The summed E-state index contributed by atoms with van der Waals surface area (Å²) in [6.45, 7) is 3.73. The van der Waals surface area contributed by atoms with Crippen LogP contribution in [0.25, 0.3) is 0 Å². The lowest BCUT2D eigenvalue weighted by Crippen LogP contribution is -2.45. The zero-order valence-corrected chi connectivity index (χ0v) is 14.0. The van der Waals surface area contributed by atoms with Gasteiger partial charge in [-0.2, -0.15) is 0 Å². The number of nitrogens with zero attached hydrogens (tertiary/aromatic N) is 4. The van der Waals surface area contributed by atoms with Gasteiger partial charge in [-0.3, -0.25) is 9.69 Å². The van der Waals surface area contributed by atoms with Crippen LogP contribution < -0.4 is 0 Å². The third-order valence-corrected chi connectivity index (χ3v) is 4.59. The summed E-state index contributed by atoms with van der Waals surface area (Å²) in [6, 6.07) is 0. The molecule has 0 aliphatic carbocycles. The summed E-state index contributed by atoms with van der Waals surface area (Å²) in [5.74, 6) is 1.21. The minimum atomic E-state index is -0.396. The first-order valence-electron chi connectivity index (χ1n) is 8.38. The predicted octanol–water partition coefficient (Wildman–Crippen LogP) is 0.688. The molecule has 0 radical (unpaired) electrons. The van der Waals surface area contributed by atoms with Crippen LogP contribution >= 0.6 is 0 Å². The largest absolute Gasteiger partial charge is 0.448 e. The Morgan fingerprint density at radius 3 is 3.08 bits per heavy atom. The first-order chi connectivity index (χ1) is 11.7. The van der Waals surface area contributed by atoms with E-state index in [1.54, 1.807) is 13.3 Å². The molecule has 1 aromatic heterocycles. The topological polar surface area (TPSA) is 76.9 Å². The van der Waals surface area contributed by atoms with Gasteiger partial charge in [-0.1, -0.05) is 0 Å². The second-order valence-electron chi connectivity index (χ2n) is 6.19. The van der Waals surface area contributed by atoms with Crippen molar-refractivity contribution in [3.63, 3.8) is 0 Å². The number of methoxy groups -OCH3 is 1. The van der Waals surface area contributed by atoms with Gasteiger partial charge in [-0.25, -0.2) is 9.78 Å². The number of amides is 2. The average Bonchev–Trinajstić information content (AvgIpc) is 3.22. The maximum Gasteiger partial charge on any atom is 0.410 e. The SMILES string of the molecule is COCCn1ccnc1C1CCCN(C(=O)CN2CCOC2=O)C1. The Hall–Kier alpha value is -2.09. The van der Waals surface area contributed by atoms with Gasteiger partial charge in [-0.15, -0.1) is 0 Å². The molecule has 2 fully saturated rings. The van der Waals surface area contributed by atoms with Crippen LogP contribution in [0.4, 0.5) is 4.79 Å². The number of aromatic nitrogens is 2. The Kier molecular flexibility index (Phi) is 5.34. The van der Waals surface area contributed by atoms with Crippen molar-refractivity contribution in [3.8, 4) is 0 Å². The third kappa shape index (κ3) is 3.69. The van der Waals surface area contributed by atoms with E-state index in [4.69, 9.17) is 9.47 Å². The molecular formula is C16H24N4O4. The molecule has 0 bridgehead atoms. The van der Waals surface area contributed by atoms with Crippen molar-refractivity contribution < 1.29 is 19.1 Å². The fourth-order valence-electron chi connectivity index (χ4n) is 3.31. The molecule has 1 atom stereocenters. The van der Waals surface area contributed by atoms with Crippen molar-refractivity contribution in [1.29, 1.82) is 0 Å². The van der Waals surface area contributed by atoms with Crippen molar-refractivity contribution in [2.75, 3.05) is 46.5 Å². The Morgan fingerprint density at radius 1 is 1.46 bits per heavy atom. The summed E-state index contributed by atoms with van der Waals surface area (Å²) >= 11 is 0. The summed E-state index contributed by atoms with van der Waals surface area (Å²) in [5, 5.41) is 0. The van der Waals surface area contributed by atoms with Crippen LogP contribution in [0, 0.1) is 0 Å². The van der Waals surface area contributed by atoms with Gasteiger partial charge in [0, 0.05) is 45.1 Å².